The summed E-state index contributed by atoms with van der Waals surface area (Å²) in [5.74, 6) is 2.89. The molecule has 9 heteroatoms. The van der Waals surface area contributed by atoms with Crippen molar-refractivity contribution in [3.8, 4) is 17.2 Å². The summed E-state index contributed by atoms with van der Waals surface area (Å²) in [6.07, 6.45) is 4.06. The van der Waals surface area contributed by atoms with Crippen LogP contribution in [-0.4, -0.2) is 30.8 Å². The van der Waals surface area contributed by atoms with Gasteiger partial charge in [0.25, 0.3) is 0 Å². The lowest BCUT2D eigenvalue weighted by Gasteiger charge is -2.11. The zero-order valence-corrected chi connectivity index (χ0v) is 21.0. The van der Waals surface area contributed by atoms with E-state index >= 15 is 0 Å². The van der Waals surface area contributed by atoms with Crippen LogP contribution in [0.5, 0.6) is 11.5 Å². The van der Waals surface area contributed by atoms with E-state index in [2.05, 4.69) is 23.2 Å². The molecule has 178 valence electrons. The molecule has 0 bridgehead atoms. The Hall–Kier alpha value is -3.49. The van der Waals surface area contributed by atoms with Gasteiger partial charge in [-0.2, -0.15) is 0 Å². The van der Waals surface area contributed by atoms with Crippen molar-refractivity contribution in [2.75, 3.05) is 6.61 Å². The van der Waals surface area contributed by atoms with E-state index in [0.29, 0.717) is 23.2 Å². The third-order valence-corrected chi connectivity index (χ3v) is 6.58. The molecule has 0 saturated carbocycles. The van der Waals surface area contributed by atoms with Gasteiger partial charge in [-0.15, -0.1) is 10.2 Å². The van der Waals surface area contributed by atoms with Gasteiger partial charge in [-0.1, -0.05) is 29.4 Å². The second kappa shape index (κ2) is 10.4. The van der Waals surface area contributed by atoms with Crippen LogP contribution in [0.4, 0.5) is 0 Å². The van der Waals surface area contributed by atoms with E-state index in [1.807, 2.05) is 82.9 Å². The molecule has 2 aromatic carbocycles. The number of hydrogen-bond acceptors (Lipinski definition) is 6. The molecule has 0 unspecified atom stereocenters. The molecule has 0 N–H and O–H groups in total. The van der Waals surface area contributed by atoms with Crippen LogP contribution in [0.2, 0.25) is 5.02 Å². The number of fused-ring (bicyclic) bond motifs is 1. The second-order valence-electron chi connectivity index (χ2n) is 7.85. The Labute approximate surface area is 212 Å². The SMILES string of the molecule is CCOc1ccc(OCc2nnc(SCc3cn4cccc(C)c4n3)n2-c2ccc(Cl)cc2)cc1. The smallest absolute Gasteiger partial charge is 0.196 e. The minimum atomic E-state index is 0.262. The number of benzene rings is 2. The average Bonchev–Trinajstić information content (AvgIpc) is 3.48. The van der Waals surface area contributed by atoms with Crippen molar-refractivity contribution in [2.45, 2.75) is 31.4 Å². The lowest BCUT2D eigenvalue weighted by molar-refractivity contribution is 0.291. The van der Waals surface area contributed by atoms with Crippen molar-refractivity contribution < 1.29 is 9.47 Å². The van der Waals surface area contributed by atoms with Gasteiger partial charge >= 0.3 is 0 Å². The molecule has 0 spiro atoms. The lowest BCUT2D eigenvalue weighted by atomic mass is 10.3. The molecule has 3 heterocycles. The topological polar surface area (TPSA) is 66.5 Å². The van der Waals surface area contributed by atoms with Crippen LogP contribution in [0.15, 0.2) is 78.2 Å². The first-order chi connectivity index (χ1) is 17.1. The molecule has 0 fully saturated rings. The Balaban J connectivity index is 1.37. The summed E-state index contributed by atoms with van der Waals surface area (Å²) in [5, 5.41) is 10.3. The van der Waals surface area contributed by atoms with Gasteiger partial charge in [0.05, 0.1) is 12.3 Å². The lowest BCUT2D eigenvalue weighted by Crippen LogP contribution is -2.06. The fourth-order valence-electron chi connectivity index (χ4n) is 3.70. The Morgan fingerprint density at radius 3 is 2.40 bits per heavy atom. The molecule has 3 aromatic heterocycles. The second-order valence-corrected chi connectivity index (χ2v) is 9.23. The molecule has 0 aliphatic carbocycles. The van der Waals surface area contributed by atoms with Gasteiger partial charge in [-0.3, -0.25) is 4.57 Å². The summed E-state index contributed by atoms with van der Waals surface area (Å²) in [6.45, 7) is 4.91. The van der Waals surface area contributed by atoms with E-state index in [1.54, 1.807) is 11.8 Å². The fraction of sp³-hybridized carbons (Fsp3) is 0.192. The zero-order chi connectivity index (χ0) is 24.2. The van der Waals surface area contributed by atoms with Crippen LogP contribution in [0.1, 0.15) is 24.0 Å². The molecule has 5 aromatic rings. The monoisotopic (exact) mass is 505 g/mol. The molecule has 7 nitrogen and oxygen atoms in total. The highest BCUT2D eigenvalue weighted by molar-refractivity contribution is 7.98. The van der Waals surface area contributed by atoms with Gasteiger partial charge in [-0.05, 0) is 74.0 Å². The first-order valence-corrected chi connectivity index (χ1v) is 12.6. The van der Waals surface area contributed by atoms with Crippen LogP contribution in [0.3, 0.4) is 0 Å². The summed E-state index contributed by atoms with van der Waals surface area (Å²) in [6, 6.07) is 19.2. The summed E-state index contributed by atoms with van der Waals surface area (Å²) in [4.78, 5) is 4.78. The molecule has 0 saturated heterocycles. The highest BCUT2D eigenvalue weighted by Crippen LogP contribution is 2.27. The number of aryl methyl sites for hydroxylation is 1. The van der Waals surface area contributed by atoms with Crippen LogP contribution in [0.25, 0.3) is 11.3 Å². The summed E-state index contributed by atoms with van der Waals surface area (Å²) in [5.41, 5.74) is 3.99. The summed E-state index contributed by atoms with van der Waals surface area (Å²) >= 11 is 7.71. The third-order valence-electron chi connectivity index (χ3n) is 5.36. The number of hydrogen-bond donors (Lipinski definition) is 0. The van der Waals surface area contributed by atoms with Gasteiger partial charge in [0.1, 0.15) is 23.8 Å². The number of aromatic nitrogens is 5. The summed E-state index contributed by atoms with van der Waals surface area (Å²) < 4.78 is 15.6. The van der Waals surface area contributed by atoms with Crippen molar-refractivity contribution in [1.29, 1.82) is 0 Å². The van der Waals surface area contributed by atoms with Gasteiger partial charge in [0.2, 0.25) is 0 Å². The maximum atomic E-state index is 6.13. The predicted octanol–water partition coefficient (Wildman–Crippen LogP) is 6.15. The van der Waals surface area contributed by atoms with E-state index < -0.39 is 0 Å². The third kappa shape index (κ3) is 5.28. The van der Waals surface area contributed by atoms with E-state index in [1.165, 1.54) is 0 Å². The number of thioether (sulfide) groups is 1. The summed E-state index contributed by atoms with van der Waals surface area (Å²) in [7, 11) is 0. The number of imidazole rings is 1. The Bertz CT molecular complexity index is 1430. The number of rotatable bonds is 9. The Morgan fingerprint density at radius 2 is 1.69 bits per heavy atom. The van der Waals surface area contributed by atoms with Crippen LogP contribution < -0.4 is 9.47 Å². The van der Waals surface area contributed by atoms with Crippen LogP contribution >= 0.6 is 23.4 Å². The predicted molar refractivity (Wildman–Crippen MR) is 138 cm³/mol. The van der Waals surface area contributed by atoms with Gasteiger partial charge in [0, 0.05) is 28.9 Å². The molecule has 5 rings (SSSR count). The number of halogens is 1. The van der Waals surface area contributed by atoms with E-state index in [9.17, 15) is 0 Å². The molecule has 0 amide bonds. The molecular formula is C26H24ClN5O2S. The maximum Gasteiger partial charge on any atom is 0.196 e. The number of nitrogens with zero attached hydrogens (tertiary/aromatic N) is 5. The van der Waals surface area contributed by atoms with E-state index in [4.69, 9.17) is 26.1 Å². The standard InChI is InChI=1S/C26H24ClN5O2S/c1-3-33-22-10-12-23(13-11-22)34-16-24-29-30-26(32(24)21-8-6-19(27)7-9-21)35-17-20-15-31-14-4-5-18(2)25(31)28-20/h4-15H,3,16-17H2,1-2H3. The molecule has 0 radical (unpaired) electrons. The normalized spacial score (nSPS) is 11.2. The zero-order valence-electron chi connectivity index (χ0n) is 19.4. The van der Waals surface area contributed by atoms with E-state index in [0.717, 1.165) is 39.2 Å². The first-order valence-electron chi connectivity index (χ1n) is 11.2. The molecule has 35 heavy (non-hydrogen) atoms. The van der Waals surface area contributed by atoms with Crippen LogP contribution in [-0.2, 0) is 12.4 Å². The van der Waals surface area contributed by atoms with Crippen molar-refractivity contribution >= 4 is 29.0 Å². The van der Waals surface area contributed by atoms with Gasteiger partial charge in [-0.25, -0.2) is 4.98 Å². The molecular weight excluding hydrogens is 482 g/mol. The van der Waals surface area contributed by atoms with Crippen LogP contribution in [0, 0.1) is 6.92 Å². The number of ether oxygens (including phenoxy) is 2. The van der Waals surface area contributed by atoms with Gasteiger partial charge < -0.3 is 13.9 Å². The highest BCUT2D eigenvalue weighted by atomic mass is 35.5. The van der Waals surface area contributed by atoms with E-state index in [-0.39, 0.29) is 6.61 Å². The quantitative estimate of drug-likeness (QED) is 0.224. The molecule has 0 atom stereocenters. The molecule has 0 aliphatic rings. The Morgan fingerprint density at radius 1 is 0.943 bits per heavy atom. The fourth-order valence-corrected chi connectivity index (χ4v) is 4.68. The van der Waals surface area contributed by atoms with Crippen molar-refractivity contribution in [3.63, 3.8) is 0 Å². The highest BCUT2D eigenvalue weighted by Gasteiger charge is 2.16. The first kappa shape index (κ1) is 23.3. The minimum Gasteiger partial charge on any atom is -0.494 e. The maximum absolute atomic E-state index is 6.13. The Kier molecular flexibility index (Phi) is 6.92. The minimum absolute atomic E-state index is 0.262. The van der Waals surface area contributed by atoms with Crippen molar-refractivity contribution in [1.82, 2.24) is 24.1 Å². The average molecular weight is 506 g/mol. The van der Waals surface area contributed by atoms with Gasteiger partial charge in [0.15, 0.2) is 11.0 Å². The van der Waals surface area contributed by atoms with Crippen molar-refractivity contribution in [3.05, 3.63) is 95.2 Å². The largest absolute Gasteiger partial charge is 0.494 e. The number of pyridine rings is 1. The molecule has 0 aliphatic heterocycles. The van der Waals surface area contributed by atoms with Crippen molar-refractivity contribution in [2.24, 2.45) is 0 Å².